The average Bonchev–Trinajstić information content (AvgIpc) is 3.90. The molecule has 0 spiro atoms. The van der Waals surface area contributed by atoms with E-state index in [0.717, 1.165) is 57.1 Å². The number of nitrogens with zero attached hydrogens (tertiary/aromatic N) is 2. The Bertz CT molecular complexity index is 3920. The van der Waals surface area contributed by atoms with E-state index in [2.05, 4.69) is 224 Å². The number of hydrogen-bond donors (Lipinski definition) is 0. The fraction of sp³-hybridized carbons (Fsp3) is 0.0806. The van der Waals surface area contributed by atoms with Gasteiger partial charge in [0, 0.05) is 49.8 Å². The first kappa shape index (κ1) is 37.5. The molecule has 10 aromatic carbocycles. The lowest BCUT2D eigenvalue weighted by Gasteiger charge is -2.29. The smallest absolute Gasteiger partial charge is 0.143 e. The van der Waals surface area contributed by atoms with Gasteiger partial charge < -0.3 is 8.98 Å². The standard InChI is InChI=1S/C62H44N2O/c1-39-48(28-15-30-57(46-24-13-23-43(34-46)40-16-3-2-4-17-40)63-60(39)52-29-14-22-41-18-7-9-25-49(41)52)55-37-47(38-56-53-33-32-42-19-8-10-26-50(42)61(53)65-62(55)56)64-58-31-12-11-27-51(58)54-35-44-20-5-6-21-45(44)36-59(54)64/h2-14,16-29,31-39,60H,15,30H2,1H3/b48-28+,63-57?/t39-,60?/m1/s1. The Kier molecular flexibility index (Phi) is 8.70. The van der Waals surface area contributed by atoms with E-state index in [0.29, 0.717) is 0 Å². The molecule has 3 heteroatoms. The second kappa shape index (κ2) is 15.1. The predicted octanol–water partition coefficient (Wildman–Crippen LogP) is 16.9. The van der Waals surface area contributed by atoms with E-state index in [-0.39, 0.29) is 12.0 Å². The third-order valence-corrected chi connectivity index (χ3v) is 14.0. The fourth-order valence-corrected chi connectivity index (χ4v) is 10.9. The zero-order chi connectivity index (χ0) is 43.0. The number of rotatable bonds is 5. The number of allylic oxidation sites excluding steroid dienone is 1. The Morgan fingerprint density at radius 2 is 1.12 bits per heavy atom. The summed E-state index contributed by atoms with van der Waals surface area (Å²) < 4.78 is 9.72. The van der Waals surface area contributed by atoms with Crippen LogP contribution in [-0.2, 0) is 0 Å². The molecule has 2 atom stereocenters. The highest BCUT2D eigenvalue weighted by Gasteiger charge is 2.30. The average molecular weight is 833 g/mol. The number of benzene rings is 10. The maximum absolute atomic E-state index is 7.25. The Labute approximate surface area is 377 Å². The molecule has 0 saturated heterocycles. The molecule has 0 bridgehead atoms. The van der Waals surface area contributed by atoms with Gasteiger partial charge in [-0.3, -0.25) is 4.99 Å². The molecule has 1 aliphatic rings. The van der Waals surface area contributed by atoms with Crippen molar-refractivity contribution in [2.24, 2.45) is 10.9 Å². The van der Waals surface area contributed by atoms with Gasteiger partial charge in [0.15, 0.2) is 0 Å². The van der Waals surface area contributed by atoms with Gasteiger partial charge in [0.05, 0.1) is 17.1 Å². The fourth-order valence-electron chi connectivity index (χ4n) is 10.9. The van der Waals surface area contributed by atoms with Gasteiger partial charge in [-0.25, -0.2) is 0 Å². The van der Waals surface area contributed by atoms with Crippen molar-refractivity contribution < 1.29 is 4.42 Å². The highest BCUT2D eigenvalue weighted by Crippen LogP contribution is 2.47. The zero-order valence-electron chi connectivity index (χ0n) is 36.1. The minimum Gasteiger partial charge on any atom is -0.455 e. The van der Waals surface area contributed by atoms with Crippen molar-refractivity contribution >= 4 is 87.3 Å². The van der Waals surface area contributed by atoms with E-state index >= 15 is 0 Å². The topological polar surface area (TPSA) is 30.4 Å². The Balaban J connectivity index is 1.07. The lowest BCUT2D eigenvalue weighted by Crippen LogP contribution is -2.16. The number of hydrogen-bond acceptors (Lipinski definition) is 2. The normalized spacial score (nSPS) is 16.6. The van der Waals surface area contributed by atoms with E-state index in [1.165, 1.54) is 76.6 Å². The first-order valence-electron chi connectivity index (χ1n) is 22.9. The SMILES string of the molecule is C[C@@H]1/C(c2cc(-n3c4ccccc4c4cc5ccccc5cc43)cc3c2oc2c4ccccc4ccc32)=C\CCC(c2cccc(-c3ccccc3)c2)=NC1c1cccc2ccccc12. The largest absolute Gasteiger partial charge is 0.455 e. The Hall–Kier alpha value is -8.01. The number of aromatic nitrogens is 1. The molecule has 1 unspecified atom stereocenters. The molecule has 0 saturated carbocycles. The summed E-state index contributed by atoms with van der Waals surface area (Å²) in [7, 11) is 0. The van der Waals surface area contributed by atoms with Crippen LogP contribution in [-0.4, -0.2) is 10.3 Å². The van der Waals surface area contributed by atoms with E-state index in [1.807, 2.05) is 0 Å². The molecule has 308 valence electrons. The molecule has 0 fully saturated rings. The Morgan fingerprint density at radius 3 is 1.97 bits per heavy atom. The molecule has 3 nitrogen and oxygen atoms in total. The van der Waals surface area contributed by atoms with Crippen LogP contribution in [0.1, 0.15) is 42.5 Å². The van der Waals surface area contributed by atoms with Gasteiger partial charge >= 0.3 is 0 Å². The molecule has 1 aliphatic heterocycles. The minimum atomic E-state index is -0.174. The molecule has 0 amide bonds. The highest BCUT2D eigenvalue weighted by atomic mass is 16.3. The van der Waals surface area contributed by atoms with Gasteiger partial charge in [-0.05, 0) is 110 Å². The van der Waals surface area contributed by atoms with E-state index in [4.69, 9.17) is 9.41 Å². The quantitative estimate of drug-likeness (QED) is 0.170. The zero-order valence-corrected chi connectivity index (χ0v) is 36.1. The van der Waals surface area contributed by atoms with Crippen molar-refractivity contribution in [3.05, 3.63) is 229 Å². The molecule has 12 aromatic rings. The lowest BCUT2D eigenvalue weighted by atomic mass is 9.81. The summed E-state index contributed by atoms with van der Waals surface area (Å²) in [6, 6.07) is 75.1. The van der Waals surface area contributed by atoms with Crippen LogP contribution in [0.5, 0.6) is 0 Å². The van der Waals surface area contributed by atoms with Crippen LogP contribution in [0.15, 0.2) is 222 Å². The molecular weight excluding hydrogens is 789 g/mol. The number of aliphatic imine (C=N–C) groups is 1. The van der Waals surface area contributed by atoms with Crippen LogP contribution >= 0.6 is 0 Å². The van der Waals surface area contributed by atoms with E-state index in [1.54, 1.807) is 0 Å². The van der Waals surface area contributed by atoms with Crippen molar-refractivity contribution in [2.45, 2.75) is 25.8 Å². The van der Waals surface area contributed by atoms with Gasteiger partial charge in [0.25, 0.3) is 0 Å². The van der Waals surface area contributed by atoms with Gasteiger partial charge in [0.1, 0.15) is 11.2 Å². The minimum absolute atomic E-state index is 0.0149. The van der Waals surface area contributed by atoms with Crippen molar-refractivity contribution in [1.82, 2.24) is 4.57 Å². The molecule has 3 heterocycles. The van der Waals surface area contributed by atoms with E-state index in [9.17, 15) is 0 Å². The monoisotopic (exact) mass is 832 g/mol. The summed E-state index contributed by atoms with van der Waals surface area (Å²) in [6.45, 7) is 2.38. The third kappa shape index (κ3) is 6.14. The van der Waals surface area contributed by atoms with Crippen LogP contribution in [0, 0.1) is 5.92 Å². The van der Waals surface area contributed by atoms with Crippen LogP contribution in [0.4, 0.5) is 0 Å². The maximum Gasteiger partial charge on any atom is 0.143 e. The van der Waals surface area contributed by atoms with Crippen molar-refractivity contribution in [3.63, 3.8) is 0 Å². The van der Waals surface area contributed by atoms with Crippen LogP contribution in [0.25, 0.3) is 98.4 Å². The predicted molar refractivity (Wildman–Crippen MR) is 275 cm³/mol. The molecule has 13 rings (SSSR count). The number of para-hydroxylation sites is 1. The van der Waals surface area contributed by atoms with Gasteiger partial charge in [0.2, 0.25) is 0 Å². The van der Waals surface area contributed by atoms with Crippen molar-refractivity contribution in [1.29, 1.82) is 0 Å². The highest BCUT2D eigenvalue weighted by molar-refractivity contribution is 6.18. The van der Waals surface area contributed by atoms with E-state index < -0.39 is 0 Å². The molecule has 0 radical (unpaired) electrons. The molecular formula is C62H44N2O. The Morgan fingerprint density at radius 1 is 0.462 bits per heavy atom. The molecule has 0 N–H and O–H groups in total. The molecule has 0 aliphatic carbocycles. The summed E-state index contributed by atoms with van der Waals surface area (Å²) >= 11 is 0. The summed E-state index contributed by atoms with van der Waals surface area (Å²) in [6.07, 6.45) is 4.15. The summed E-state index contributed by atoms with van der Waals surface area (Å²) in [5.74, 6) is -0.0149. The summed E-state index contributed by atoms with van der Waals surface area (Å²) in [5, 5.41) is 11.9. The summed E-state index contributed by atoms with van der Waals surface area (Å²) in [5.41, 5.74) is 13.7. The lowest BCUT2D eigenvalue weighted by molar-refractivity contribution is 0.580. The second-order valence-corrected chi connectivity index (χ2v) is 17.7. The number of furan rings is 1. The third-order valence-electron chi connectivity index (χ3n) is 14.0. The number of fused-ring (bicyclic) bond motifs is 10. The first-order valence-corrected chi connectivity index (χ1v) is 22.9. The second-order valence-electron chi connectivity index (χ2n) is 17.7. The first-order chi connectivity index (χ1) is 32.1. The van der Waals surface area contributed by atoms with Gasteiger partial charge in [-0.15, -0.1) is 0 Å². The maximum atomic E-state index is 7.25. The molecule has 2 aromatic heterocycles. The van der Waals surface area contributed by atoms with Gasteiger partial charge in [-0.1, -0.05) is 177 Å². The van der Waals surface area contributed by atoms with Crippen molar-refractivity contribution in [2.75, 3.05) is 0 Å². The van der Waals surface area contributed by atoms with Crippen molar-refractivity contribution in [3.8, 4) is 16.8 Å². The molecule has 65 heavy (non-hydrogen) atoms. The van der Waals surface area contributed by atoms with Crippen LogP contribution < -0.4 is 0 Å². The van der Waals surface area contributed by atoms with Gasteiger partial charge in [-0.2, -0.15) is 0 Å². The summed E-state index contributed by atoms with van der Waals surface area (Å²) in [4.78, 5) is 5.90. The van der Waals surface area contributed by atoms with Crippen LogP contribution in [0.2, 0.25) is 0 Å². The van der Waals surface area contributed by atoms with Crippen LogP contribution in [0.3, 0.4) is 0 Å².